The number of rotatable bonds is 3. The Bertz CT molecular complexity index is 406. The van der Waals surface area contributed by atoms with Crippen LogP contribution < -0.4 is 11.1 Å². The zero-order valence-electron chi connectivity index (χ0n) is 11.8. The highest BCUT2D eigenvalue weighted by atomic mass is 15.1. The maximum absolute atomic E-state index is 5.93. The van der Waals surface area contributed by atoms with Crippen molar-refractivity contribution in [3.8, 4) is 0 Å². The molecule has 0 atom stereocenters. The number of nitrogen functional groups attached to an aromatic ring is 1. The Morgan fingerprint density at radius 3 is 2.61 bits per heavy atom. The second kappa shape index (κ2) is 5.19. The lowest BCUT2D eigenvalue weighted by atomic mass is 9.80. The molecule has 0 unspecified atom stereocenters. The van der Waals surface area contributed by atoms with E-state index < -0.39 is 0 Å². The van der Waals surface area contributed by atoms with Crippen LogP contribution in [-0.2, 0) is 0 Å². The Hall–Kier alpha value is -1.22. The predicted molar refractivity (Wildman–Crippen MR) is 78.9 cm³/mol. The first-order valence-electron chi connectivity index (χ1n) is 6.77. The van der Waals surface area contributed by atoms with Crippen molar-refractivity contribution in [3.05, 3.63) is 23.8 Å². The Morgan fingerprint density at radius 1 is 1.33 bits per heavy atom. The van der Waals surface area contributed by atoms with Gasteiger partial charge in [-0.1, -0.05) is 13.0 Å². The van der Waals surface area contributed by atoms with E-state index in [2.05, 4.69) is 36.3 Å². The molecule has 0 spiro atoms. The van der Waals surface area contributed by atoms with Gasteiger partial charge in [0.05, 0.1) is 0 Å². The van der Waals surface area contributed by atoms with E-state index in [0.717, 1.165) is 23.5 Å². The minimum absolute atomic E-state index is 0.409. The third-order valence-corrected chi connectivity index (χ3v) is 4.19. The molecule has 0 saturated carbocycles. The van der Waals surface area contributed by atoms with Crippen LogP contribution in [0.2, 0.25) is 0 Å². The van der Waals surface area contributed by atoms with Crippen molar-refractivity contribution >= 4 is 11.4 Å². The second-order valence-electron chi connectivity index (χ2n) is 6.04. The molecular weight excluding hydrogens is 222 g/mol. The molecule has 0 bridgehead atoms. The molecule has 1 saturated heterocycles. The molecule has 1 fully saturated rings. The van der Waals surface area contributed by atoms with Gasteiger partial charge in [-0.25, -0.2) is 0 Å². The average molecular weight is 247 g/mol. The maximum Gasteiger partial charge on any atom is 0.0364 e. The average Bonchev–Trinajstić information content (AvgIpc) is 2.35. The lowest BCUT2D eigenvalue weighted by Gasteiger charge is -2.38. The molecule has 3 heteroatoms. The van der Waals surface area contributed by atoms with Crippen LogP contribution in [-0.4, -0.2) is 31.6 Å². The number of benzene rings is 1. The van der Waals surface area contributed by atoms with Gasteiger partial charge in [0.25, 0.3) is 0 Å². The topological polar surface area (TPSA) is 41.3 Å². The van der Waals surface area contributed by atoms with Gasteiger partial charge in [0.1, 0.15) is 0 Å². The molecule has 1 aliphatic heterocycles. The summed E-state index contributed by atoms with van der Waals surface area (Å²) in [5.74, 6) is 0. The lowest BCUT2D eigenvalue weighted by Crippen LogP contribution is -2.40. The fourth-order valence-electron chi connectivity index (χ4n) is 2.40. The molecule has 0 amide bonds. The van der Waals surface area contributed by atoms with Gasteiger partial charge in [-0.3, -0.25) is 0 Å². The van der Waals surface area contributed by atoms with Crippen LogP contribution in [0.5, 0.6) is 0 Å². The SMILES string of the molecule is Cc1ccc(NCC2(C)CCN(C)CC2)cc1N. The fourth-order valence-corrected chi connectivity index (χ4v) is 2.40. The van der Waals surface area contributed by atoms with Crippen LogP contribution >= 0.6 is 0 Å². The summed E-state index contributed by atoms with van der Waals surface area (Å²) in [7, 11) is 2.20. The predicted octanol–water partition coefficient (Wildman–Crippen LogP) is 2.72. The molecule has 18 heavy (non-hydrogen) atoms. The first-order valence-corrected chi connectivity index (χ1v) is 6.77. The Morgan fingerprint density at radius 2 is 2.00 bits per heavy atom. The van der Waals surface area contributed by atoms with Crippen molar-refractivity contribution in [1.82, 2.24) is 4.90 Å². The van der Waals surface area contributed by atoms with Gasteiger partial charge in [-0.2, -0.15) is 0 Å². The summed E-state index contributed by atoms with van der Waals surface area (Å²) < 4.78 is 0. The molecule has 1 aromatic rings. The molecule has 0 aromatic heterocycles. The summed E-state index contributed by atoms with van der Waals surface area (Å²) in [5, 5.41) is 3.54. The number of nitrogens with two attached hydrogens (primary N) is 1. The van der Waals surface area contributed by atoms with E-state index in [1.165, 1.54) is 25.9 Å². The van der Waals surface area contributed by atoms with Gasteiger partial charge >= 0.3 is 0 Å². The minimum atomic E-state index is 0.409. The number of piperidine rings is 1. The van der Waals surface area contributed by atoms with Gasteiger partial charge in [0.2, 0.25) is 0 Å². The molecular formula is C15H25N3. The molecule has 3 nitrogen and oxygen atoms in total. The first kappa shape index (κ1) is 13.2. The highest BCUT2D eigenvalue weighted by Gasteiger charge is 2.28. The van der Waals surface area contributed by atoms with E-state index in [1.807, 2.05) is 13.0 Å². The lowest BCUT2D eigenvalue weighted by molar-refractivity contribution is 0.150. The molecule has 3 N–H and O–H groups in total. The van der Waals surface area contributed by atoms with E-state index in [0.29, 0.717) is 5.41 Å². The summed E-state index contributed by atoms with van der Waals surface area (Å²) in [6.07, 6.45) is 2.52. The third kappa shape index (κ3) is 3.16. The van der Waals surface area contributed by atoms with Gasteiger partial charge < -0.3 is 16.0 Å². The summed E-state index contributed by atoms with van der Waals surface area (Å²) in [5.41, 5.74) is 9.49. The molecule has 100 valence electrons. The molecule has 2 rings (SSSR count). The summed E-state index contributed by atoms with van der Waals surface area (Å²) in [6, 6.07) is 6.23. The maximum atomic E-state index is 5.93. The van der Waals surface area contributed by atoms with Crippen LogP contribution in [0.15, 0.2) is 18.2 Å². The van der Waals surface area contributed by atoms with Crippen molar-refractivity contribution < 1.29 is 0 Å². The fraction of sp³-hybridized carbons (Fsp3) is 0.600. The van der Waals surface area contributed by atoms with Crippen LogP contribution in [0.25, 0.3) is 0 Å². The van der Waals surface area contributed by atoms with Gasteiger partial charge in [-0.15, -0.1) is 0 Å². The number of nitrogens with one attached hydrogen (secondary N) is 1. The Kier molecular flexibility index (Phi) is 3.81. The zero-order chi connectivity index (χ0) is 13.2. The number of hydrogen-bond acceptors (Lipinski definition) is 3. The van der Waals surface area contributed by atoms with Crippen LogP contribution in [0, 0.1) is 12.3 Å². The molecule has 0 aliphatic carbocycles. The van der Waals surface area contributed by atoms with Crippen molar-refractivity contribution in [2.75, 3.05) is 37.7 Å². The summed E-state index contributed by atoms with van der Waals surface area (Å²) >= 11 is 0. The van der Waals surface area contributed by atoms with Gasteiger partial charge in [-0.05, 0) is 63.0 Å². The quantitative estimate of drug-likeness (QED) is 0.807. The normalized spacial score (nSPS) is 19.7. The van der Waals surface area contributed by atoms with Gasteiger partial charge in [0.15, 0.2) is 0 Å². The molecule has 1 aromatic carbocycles. The van der Waals surface area contributed by atoms with E-state index in [1.54, 1.807) is 0 Å². The second-order valence-corrected chi connectivity index (χ2v) is 6.04. The van der Waals surface area contributed by atoms with E-state index in [-0.39, 0.29) is 0 Å². The highest BCUT2D eigenvalue weighted by Crippen LogP contribution is 2.30. The monoisotopic (exact) mass is 247 g/mol. The van der Waals surface area contributed by atoms with Crippen molar-refractivity contribution in [3.63, 3.8) is 0 Å². The molecule has 0 radical (unpaired) electrons. The van der Waals surface area contributed by atoms with Crippen molar-refractivity contribution in [1.29, 1.82) is 0 Å². The number of likely N-dealkylation sites (tertiary alicyclic amines) is 1. The number of nitrogens with zero attached hydrogens (tertiary/aromatic N) is 1. The smallest absolute Gasteiger partial charge is 0.0364 e. The van der Waals surface area contributed by atoms with E-state index in [4.69, 9.17) is 5.73 Å². The van der Waals surface area contributed by atoms with E-state index in [9.17, 15) is 0 Å². The van der Waals surface area contributed by atoms with E-state index >= 15 is 0 Å². The van der Waals surface area contributed by atoms with Crippen LogP contribution in [0.4, 0.5) is 11.4 Å². The highest BCUT2D eigenvalue weighted by molar-refractivity contribution is 5.58. The Balaban J connectivity index is 1.92. The number of aryl methyl sites for hydroxylation is 1. The zero-order valence-corrected chi connectivity index (χ0v) is 11.8. The standard InChI is InChI=1S/C15H25N3/c1-12-4-5-13(10-14(12)16)17-11-15(2)6-8-18(3)9-7-15/h4-5,10,17H,6-9,11,16H2,1-3H3. The number of anilines is 2. The number of hydrogen-bond donors (Lipinski definition) is 2. The van der Waals surface area contributed by atoms with Crippen molar-refractivity contribution in [2.24, 2.45) is 5.41 Å². The third-order valence-electron chi connectivity index (χ3n) is 4.19. The Labute approximate surface area is 110 Å². The largest absolute Gasteiger partial charge is 0.398 e. The first-order chi connectivity index (χ1) is 8.48. The summed E-state index contributed by atoms with van der Waals surface area (Å²) in [6.45, 7) is 7.85. The summed E-state index contributed by atoms with van der Waals surface area (Å²) in [4.78, 5) is 2.41. The van der Waals surface area contributed by atoms with Crippen molar-refractivity contribution in [2.45, 2.75) is 26.7 Å². The van der Waals surface area contributed by atoms with Crippen LogP contribution in [0.1, 0.15) is 25.3 Å². The molecule has 1 heterocycles. The molecule has 1 aliphatic rings. The van der Waals surface area contributed by atoms with Crippen LogP contribution in [0.3, 0.4) is 0 Å². The van der Waals surface area contributed by atoms with Gasteiger partial charge in [0, 0.05) is 17.9 Å². The minimum Gasteiger partial charge on any atom is -0.398 e.